The summed E-state index contributed by atoms with van der Waals surface area (Å²) in [5.74, 6) is 2.99. The number of H-pyrrole nitrogens is 1. The molecule has 128 valence electrons. The first-order chi connectivity index (χ1) is 11.6. The van der Waals surface area contributed by atoms with Gasteiger partial charge in [-0.3, -0.25) is 0 Å². The molecule has 0 fully saturated rings. The van der Waals surface area contributed by atoms with Gasteiger partial charge in [0.2, 0.25) is 0 Å². The lowest BCUT2D eigenvalue weighted by atomic mass is 10.3. The van der Waals surface area contributed by atoms with E-state index in [1.807, 2.05) is 0 Å². The van der Waals surface area contributed by atoms with E-state index < -0.39 is 11.4 Å². The number of nitrogens with one attached hydrogen (secondary N) is 1. The van der Waals surface area contributed by atoms with Gasteiger partial charge in [0, 0.05) is 7.05 Å². The summed E-state index contributed by atoms with van der Waals surface area (Å²) in [6.07, 6.45) is 5.05. The minimum atomic E-state index is -0.489. The van der Waals surface area contributed by atoms with Crippen LogP contribution in [0.15, 0.2) is 33.9 Å². The highest BCUT2D eigenvalue weighted by atomic mass is 16.5. The molecule has 0 aliphatic rings. The van der Waals surface area contributed by atoms with Crippen LogP contribution in [0.3, 0.4) is 0 Å². The van der Waals surface area contributed by atoms with Crippen molar-refractivity contribution < 1.29 is 14.2 Å². The Labute approximate surface area is 138 Å². The van der Waals surface area contributed by atoms with E-state index in [4.69, 9.17) is 20.6 Å². The highest BCUT2D eigenvalue weighted by molar-refractivity contribution is 5.36. The molecule has 1 aromatic carbocycles. The molecule has 0 radical (unpaired) electrons. The second-order valence-corrected chi connectivity index (χ2v) is 4.81. The maximum atomic E-state index is 11.8. The summed E-state index contributed by atoms with van der Waals surface area (Å²) in [4.78, 5) is 23.5. The number of hydrogen-bond donors (Lipinski definition) is 1. The molecule has 0 aliphatic carbocycles. The van der Waals surface area contributed by atoms with Crippen LogP contribution in [0.4, 0.5) is 0 Å². The number of aryl methyl sites for hydroxylation is 1. The van der Waals surface area contributed by atoms with Crippen LogP contribution in [0.5, 0.6) is 5.75 Å². The lowest BCUT2D eigenvalue weighted by Gasteiger charge is -2.08. The summed E-state index contributed by atoms with van der Waals surface area (Å²) in [6.45, 7) is 1.96. The molecular weight excluding hydrogens is 314 g/mol. The topological polar surface area (TPSA) is 87.5 Å². The van der Waals surface area contributed by atoms with E-state index in [2.05, 4.69) is 11.0 Å². The Morgan fingerprint density at radius 3 is 2.38 bits per heavy atom. The van der Waals surface area contributed by atoms with Crippen LogP contribution >= 0.6 is 0 Å². The Morgan fingerprint density at radius 1 is 1.08 bits per heavy atom. The molecule has 2 rings (SSSR count). The Morgan fingerprint density at radius 2 is 1.75 bits per heavy atom. The Balaban J connectivity index is 1.80. The van der Waals surface area contributed by atoms with Crippen molar-refractivity contribution in [3.05, 3.63) is 45.2 Å². The summed E-state index contributed by atoms with van der Waals surface area (Å²) < 4.78 is 18.1. The smallest absolute Gasteiger partial charge is 0.351 e. The third-order valence-corrected chi connectivity index (χ3v) is 3.09. The fraction of sp³-hybridized carbons (Fsp3) is 0.375. The minimum Gasteiger partial charge on any atom is -0.491 e. The van der Waals surface area contributed by atoms with Gasteiger partial charge in [0.15, 0.2) is 0 Å². The lowest BCUT2D eigenvalue weighted by Crippen LogP contribution is -2.26. The average molecular weight is 333 g/mol. The monoisotopic (exact) mass is 333 g/mol. The van der Waals surface area contributed by atoms with Crippen LogP contribution in [0.25, 0.3) is 5.69 Å². The quantitative estimate of drug-likeness (QED) is 0.512. The van der Waals surface area contributed by atoms with Crippen molar-refractivity contribution in [2.75, 3.05) is 33.0 Å². The van der Waals surface area contributed by atoms with Crippen LogP contribution in [0.1, 0.15) is 0 Å². The van der Waals surface area contributed by atoms with Gasteiger partial charge in [0.05, 0.1) is 25.5 Å². The van der Waals surface area contributed by atoms with Crippen molar-refractivity contribution in [3.8, 4) is 23.8 Å². The van der Waals surface area contributed by atoms with Crippen molar-refractivity contribution in [2.24, 2.45) is 7.05 Å². The average Bonchev–Trinajstić information content (AvgIpc) is 2.83. The molecule has 0 saturated heterocycles. The number of rotatable bonds is 9. The van der Waals surface area contributed by atoms with Gasteiger partial charge < -0.3 is 14.2 Å². The zero-order valence-electron chi connectivity index (χ0n) is 13.4. The zero-order chi connectivity index (χ0) is 17.4. The Hall–Kier alpha value is -2.76. The number of benzene rings is 1. The summed E-state index contributed by atoms with van der Waals surface area (Å²) in [5.41, 5.74) is -0.457. The standard InChI is InChI=1S/C16H19N3O5/c1-3-8-22-9-10-23-11-12-24-14-6-4-13(5-7-14)19-15(20)17-18(2)16(19)21/h1,4-7H,8-12H2,2H3,(H,17,20). The SMILES string of the molecule is C#CCOCCOCCOc1ccc(-n2c(=O)[nH]n(C)c2=O)cc1. The summed E-state index contributed by atoms with van der Waals surface area (Å²) >= 11 is 0. The molecule has 1 heterocycles. The maximum absolute atomic E-state index is 11.8. The summed E-state index contributed by atoms with van der Waals surface area (Å²) in [7, 11) is 1.48. The number of aromatic amines is 1. The Bertz CT molecular complexity index is 795. The van der Waals surface area contributed by atoms with Gasteiger partial charge >= 0.3 is 11.4 Å². The molecule has 0 spiro atoms. The molecule has 0 saturated carbocycles. The molecule has 2 aromatic rings. The van der Waals surface area contributed by atoms with Crippen molar-refractivity contribution in [1.29, 1.82) is 0 Å². The molecule has 0 atom stereocenters. The van der Waals surface area contributed by atoms with E-state index in [0.717, 1.165) is 9.25 Å². The van der Waals surface area contributed by atoms with Gasteiger partial charge in [-0.15, -0.1) is 6.42 Å². The number of terminal acetylenes is 1. The second kappa shape index (κ2) is 8.76. The third-order valence-electron chi connectivity index (χ3n) is 3.09. The number of ether oxygens (including phenoxy) is 3. The predicted octanol–water partition coefficient (Wildman–Crippen LogP) is -0.0905. The van der Waals surface area contributed by atoms with E-state index in [1.165, 1.54) is 7.05 Å². The van der Waals surface area contributed by atoms with Crippen LogP contribution in [0, 0.1) is 12.3 Å². The molecule has 8 heteroatoms. The largest absolute Gasteiger partial charge is 0.491 e. The van der Waals surface area contributed by atoms with E-state index >= 15 is 0 Å². The van der Waals surface area contributed by atoms with Gasteiger partial charge in [-0.2, -0.15) is 0 Å². The predicted molar refractivity (Wildman–Crippen MR) is 87.6 cm³/mol. The third kappa shape index (κ3) is 4.62. The van der Waals surface area contributed by atoms with Crippen LogP contribution in [-0.2, 0) is 16.5 Å². The minimum absolute atomic E-state index is 0.277. The molecule has 24 heavy (non-hydrogen) atoms. The normalized spacial score (nSPS) is 10.5. The van der Waals surface area contributed by atoms with Gasteiger partial charge in [-0.1, -0.05) is 5.92 Å². The lowest BCUT2D eigenvalue weighted by molar-refractivity contribution is 0.0462. The zero-order valence-corrected chi connectivity index (χ0v) is 13.4. The molecule has 0 unspecified atom stereocenters. The molecule has 1 aromatic heterocycles. The molecule has 0 aliphatic heterocycles. The van der Waals surface area contributed by atoms with Crippen LogP contribution in [-0.4, -0.2) is 47.4 Å². The van der Waals surface area contributed by atoms with Crippen LogP contribution < -0.4 is 16.1 Å². The maximum Gasteiger partial charge on any atom is 0.351 e. The van der Waals surface area contributed by atoms with Gasteiger partial charge in [-0.25, -0.2) is 23.9 Å². The summed E-state index contributed by atoms with van der Waals surface area (Å²) in [5, 5.41) is 2.40. The second-order valence-electron chi connectivity index (χ2n) is 4.81. The highest BCUT2D eigenvalue weighted by Gasteiger charge is 2.08. The van der Waals surface area contributed by atoms with E-state index in [9.17, 15) is 9.59 Å². The molecule has 0 amide bonds. The van der Waals surface area contributed by atoms with Crippen molar-refractivity contribution in [1.82, 2.24) is 14.3 Å². The fourth-order valence-corrected chi connectivity index (χ4v) is 1.97. The molecule has 1 N–H and O–H groups in total. The van der Waals surface area contributed by atoms with E-state index in [-0.39, 0.29) is 6.61 Å². The van der Waals surface area contributed by atoms with Crippen LogP contribution in [0.2, 0.25) is 0 Å². The van der Waals surface area contributed by atoms with Crippen molar-refractivity contribution in [2.45, 2.75) is 0 Å². The van der Waals surface area contributed by atoms with E-state index in [1.54, 1.807) is 24.3 Å². The van der Waals surface area contributed by atoms with Crippen molar-refractivity contribution >= 4 is 0 Å². The first kappa shape index (κ1) is 17.6. The highest BCUT2D eigenvalue weighted by Crippen LogP contribution is 2.13. The fourth-order valence-electron chi connectivity index (χ4n) is 1.97. The first-order valence-electron chi connectivity index (χ1n) is 7.33. The summed E-state index contributed by atoms with van der Waals surface area (Å²) in [6, 6.07) is 6.65. The Kier molecular flexibility index (Phi) is 6.42. The van der Waals surface area contributed by atoms with Gasteiger partial charge in [0.1, 0.15) is 19.0 Å². The van der Waals surface area contributed by atoms with Gasteiger partial charge in [-0.05, 0) is 24.3 Å². The number of aromatic nitrogens is 3. The van der Waals surface area contributed by atoms with Gasteiger partial charge in [0.25, 0.3) is 0 Å². The van der Waals surface area contributed by atoms with E-state index in [0.29, 0.717) is 37.9 Å². The molecule has 8 nitrogen and oxygen atoms in total. The molecule has 0 bridgehead atoms. The molecular formula is C16H19N3O5. The number of nitrogens with zero attached hydrogens (tertiary/aromatic N) is 2. The number of hydrogen-bond acceptors (Lipinski definition) is 5. The van der Waals surface area contributed by atoms with Crippen molar-refractivity contribution in [3.63, 3.8) is 0 Å². The first-order valence-corrected chi connectivity index (χ1v) is 7.33.